The molecule has 3 heterocycles. The van der Waals surface area contributed by atoms with Gasteiger partial charge in [0.2, 0.25) is 17.6 Å². The van der Waals surface area contributed by atoms with Crippen LogP contribution in [-0.4, -0.2) is 20.1 Å². The van der Waals surface area contributed by atoms with Gasteiger partial charge in [-0.2, -0.15) is 4.98 Å². The van der Waals surface area contributed by atoms with E-state index >= 15 is 0 Å². The molecule has 0 radical (unpaired) electrons. The summed E-state index contributed by atoms with van der Waals surface area (Å²) in [5.41, 5.74) is 8.53. The predicted octanol–water partition coefficient (Wildman–Crippen LogP) is 3.28. The maximum absolute atomic E-state index is 5.84. The summed E-state index contributed by atoms with van der Waals surface area (Å²) < 4.78 is 11.0. The average Bonchev–Trinajstić information content (AvgIpc) is 3.17. The fourth-order valence-corrected chi connectivity index (χ4v) is 2.55. The highest BCUT2D eigenvalue weighted by Crippen LogP contribution is 2.21. The van der Waals surface area contributed by atoms with Gasteiger partial charge in [-0.3, -0.25) is 0 Å². The maximum Gasteiger partial charge on any atom is 0.231 e. The quantitative estimate of drug-likeness (QED) is 0.564. The predicted molar refractivity (Wildman–Crippen MR) is 99.8 cm³/mol. The summed E-state index contributed by atoms with van der Waals surface area (Å²) >= 11 is 0. The average molecular weight is 359 g/mol. The Labute approximate surface area is 155 Å². The topological polar surface area (TPSA) is 100.0 Å². The van der Waals surface area contributed by atoms with Gasteiger partial charge in [-0.15, -0.1) is 0 Å². The van der Waals surface area contributed by atoms with Crippen molar-refractivity contribution in [3.05, 3.63) is 84.0 Å². The fraction of sp³-hybridized carbons (Fsp3) is 0.100. The summed E-state index contributed by atoms with van der Waals surface area (Å²) in [5, 5.41) is 3.97. The van der Waals surface area contributed by atoms with Crippen LogP contribution in [0.4, 0.5) is 5.82 Å². The van der Waals surface area contributed by atoms with Gasteiger partial charge in [0.25, 0.3) is 0 Å². The van der Waals surface area contributed by atoms with Crippen LogP contribution >= 0.6 is 0 Å². The molecule has 0 amide bonds. The molecule has 0 unspecified atom stereocenters. The van der Waals surface area contributed by atoms with Gasteiger partial charge in [-0.25, -0.2) is 9.97 Å². The third-order valence-corrected chi connectivity index (χ3v) is 3.93. The molecule has 0 fully saturated rings. The molecule has 0 atom stereocenters. The smallest absolute Gasteiger partial charge is 0.231 e. The number of nitrogens with two attached hydrogens (primary N) is 1. The summed E-state index contributed by atoms with van der Waals surface area (Å²) in [5.74, 6) is 1.84. The first kappa shape index (κ1) is 16.7. The number of pyridine rings is 2. The Bertz CT molecular complexity index is 1020. The van der Waals surface area contributed by atoms with Crippen molar-refractivity contribution < 1.29 is 9.26 Å². The maximum atomic E-state index is 5.84. The number of rotatable bonds is 6. The van der Waals surface area contributed by atoms with Crippen LogP contribution < -0.4 is 10.5 Å². The highest BCUT2D eigenvalue weighted by Gasteiger charge is 2.12. The van der Waals surface area contributed by atoms with Gasteiger partial charge in [0.1, 0.15) is 12.4 Å². The van der Waals surface area contributed by atoms with E-state index in [1.165, 1.54) is 0 Å². The van der Waals surface area contributed by atoms with Crippen molar-refractivity contribution in [2.24, 2.45) is 0 Å². The Morgan fingerprint density at radius 2 is 1.81 bits per heavy atom. The Hall–Kier alpha value is -3.74. The Morgan fingerprint density at radius 3 is 2.59 bits per heavy atom. The zero-order valence-electron chi connectivity index (χ0n) is 14.4. The molecule has 0 saturated carbocycles. The number of nitrogens with zero attached hydrogens (tertiary/aromatic N) is 4. The lowest BCUT2D eigenvalue weighted by atomic mass is 10.2. The number of nitrogen functional groups attached to an aromatic ring is 1. The molecule has 134 valence electrons. The molecule has 0 aliphatic carbocycles. The number of hydrogen-bond donors (Lipinski definition) is 1. The van der Waals surface area contributed by atoms with E-state index in [0.29, 0.717) is 42.0 Å². The molecule has 27 heavy (non-hydrogen) atoms. The number of anilines is 1. The molecule has 0 aliphatic heterocycles. The molecule has 7 nitrogen and oxygen atoms in total. The zero-order chi connectivity index (χ0) is 18.5. The zero-order valence-corrected chi connectivity index (χ0v) is 14.4. The van der Waals surface area contributed by atoms with Gasteiger partial charge >= 0.3 is 0 Å². The van der Waals surface area contributed by atoms with Crippen molar-refractivity contribution >= 4 is 5.82 Å². The third kappa shape index (κ3) is 4.09. The van der Waals surface area contributed by atoms with E-state index in [4.69, 9.17) is 15.0 Å². The minimum atomic E-state index is 0.367. The van der Waals surface area contributed by atoms with Crippen molar-refractivity contribution in [2.75, 3.05) is 5.73 Å². The van der Waals surface area contributed by atoms with Crippen LogP contribution in [-0.2, 0) is 13.0 Å². The highest BCUT2D eigenvalue weighted by molar-refractivity contribution is 5.67. The van der Waals surface area contributed by atoms with Crippen molar-refractivity contribution in [3.63, 3.8) is 0 Å². The van der Waals surface area contributed by atoms with E-state index in [9.17, 15) is 0 Å². The SMILES string of the molecule is Nc1ncccc1-c1noc(Cc2ccc(OCc3ccccc3)nc2)n1. The van der Waals surface area contributed by atoms with Crippen LogP contribution in [0.2, 0.25) is 0 Å². The molecule has 0 saturated heterocycles. The molecule has 1 aromatic carbocycles. The second kappa shape index (κ2) is 7.65. The molecule has 4 rings (SSSR count). The molecule has 0 aliphatic rings. The van der Waals surface area contributed by atoms with E-state index in [2.05, 4.69) is 20.1 Å². The van der Waals surface area contributed by atoms with E-state index in [1.54, 1.807) is 24.5 Å². The first-order chi connectivity index (χ1) is 13.3. The minimum Gasteiger partial charge on any atom is -0.473 e. The summed E-state index contributed by atoms with van der Waals surface area (Å²) in [6, 6.07) is 17.3. The second-order valence-corrected chi connectivity index (χ2v) is 5.90. The molecular weight excluding hydrogens is 342 g/mol. The van der Waals surface area contributed by atoms with E-state index in [-0.39, 0.29) is 0 Å². The van der Waals surface area contributed by atoms with Crippen LogP contribution in [0.15, 0.2) is 71.5 Å². The first-order valence-corrected chi connectivity index (χ1v) is 8.43. The van der Waals surface area contributed by atoms with E-state index < -0.39 is 0 Å². The van der Waals surface area contributed by atoms with Gasteiger partial charge < -0.3 is 15.0 Å². The largest absolute Gasteiger partial charge is 0.473 e. The van der Waals surface area contributed by atoms with Crippen LogP contribution in [0.25, 0.3) is 11.4 Å². The number of ether oxygens (including phenoxy) is 1. The van der Waals surface area contributed by atoms with E-state index in [1.807, 2.05) is 42.5 Å². The molecule has 0 spiro atoms. The van der Waals surface area contributed by atoms with Gasteiger partial charge in [0.05, 0.1) is 12.0 Å². The molecule has 2 N–H and O–H groups in total. The molecule has 4 aromatic rings. The van der Waals surface area contributed by atoms with Crippen LogP contribution in [0.1, 0.15) is 17.0 Å². The van der Waals surface area contributed by atoms with Crippen molar-refractivity contribution in [3.8, 4) is 17.3 Å². The normalized spacial score (nSPS) is 10.7. The molecule has 3 aromatic heterocycles. The number of aromatic nitrogens is 4. The molecular formula is C20H17N5O2. The van der Waals surface area contributed by atoms with Gasteiger partial charge in [-0.05, 0) is 23.3 Å². The Morgan fingerprint density at radius 1 is 0.926 bits per heavy atom. The van der Waals surface area contributed by atoms with Gasteiger partial charge in [0.15, 0.2) is 0 Å². The molecule has 0 bridgehead atoms. The van der Waals surface area contributed by atoms with Crippen molar-refractivity contribution in [1.82, 2.24) is 20.1 Å². The first-order valence-electron chi connectivity index (χ1n) is 8.43. The summed E-state index contributed by atoms with van der Waals surface area (Å²) in [7, 11) is 0. The summed E-state index contributed by atoms with van der Waals surface area (Å²) in [6.07, 6.45) is 3.83. The lowest BCUT2D eigenvalue weighted by molar-refractivity contribution is 0.293. The van der Waals surface area contributed by atoms with Crippen LogP contribution in [0.3, 0.4) is 0 Å². The van der Waals surface area contributed by atoms with Crippen molar-refractivity contribution in [1.29, 1.82) is 0 Å². The third-order valence-electron chi connectivity index (χ3n) is 3.93. The fourth-order valence-electron chi connectivity index (χ4n) is 2.55. The summed E-state index contributed by atoms with van der Waals surface area (Å²) in [6.45, 7) is 0.479. The van der Waals surface area contributed by atoms with Gasteiger partial charge in [0, 0.05) is 18.5 Å². The number of hydrogen-bond acceptors (Lipinski definition) is 7. The lowest BCUT2D eigenvalue weighted by Gasteiger charge is -2.05. The lowest BCUT2D eigenvalue weighted by Crippen LogP contribution is -1.98. The Kier molecular flexibility index (Phi) is 4.74. The van der Waals surface area contributed by atoms with E-state index in [0.717, 1.165) is 11.1 Å². The van der Waals surface area contributed by atoms with Gasteiger partial charge in [-0.1, -0.05) is 41.6 Å². The second-order valence-electron chi connectivity index (χ2n) is 5.90. The highest BCUT2D eigenvalue weighted by atomic mass is 16.5. The minimum absolute atomic E-state index is 0.367. The number of benzene rings is 1. The standard InChI is InChI=1S/C20H17N5O2/c21-19-16(7-4-10-22-19)20-24-18(27-25-20)11-15-8-9-17(23-12-15)26-13-14-5-2-1-3-6-14/h1-10,12H,11,13H2,(H2,21,22). The van der Waals surface area contributed by atoms with Crippen LogP contribution in [0.5, 0.6) is 5.88 Å². The molecule has 7 heteroatoms. The summed E-state index contributed by atoms with van der Waals surface area (Å²) in [4.78, 5) is 12.7. The monoisotopic (exact) mass is 359 g/mol. The Balaban J connectivity index is 1.39. The van der Waals surface area contributed by atoms with Crippen LogP contribution in [0, 0.1) is 0 Å². The van der Waals surface area contributed by atoms with Crippen molar-refractivity contribution in [2.45, 2.75) is 13.0 Å².